The number of aromatic nitrogens is 3. The number of hydrogen-bond donors (Lipinski definition) is 1. The van der Waals surface area contributed by atoms with Crippen molar-refractivity contribution < 1.29 is 19.5 Å². The van der Waals surface area contributed by atoms with Gasteiger partial charge in [0.05, 0.1) is 42.0 Å². The van der Waals surface area contributed by atoms with Gasteiger partial charge in [0.15, 0.2) is 5.82 Å². The number of benzene rings is 2. The molecule has 0 radical (unpaired) electrons. The van der Waals surface area contributed by atoms with E-state index in [1.165, 1.54) is 0 Å². The van der Waals surface area contributed by atoms with Crippen molar-refractivity contribution in [2.45, 2.75) is 91.4 Å². The first-order valence-electron chi connectivity index (χ1n) is 19.2. The second-order valence-corrected chi connectivity index (χ2v) is 17.2. The number of amides is 1. The van der Waals surface area contributed by atoms with Crippen molar-refractivity contribution in [3.63, 3.8) is 0 Å². The van der Waals surface area contributed by atoms with Gasteiger partial charge in [-0.3, -0.25) is 24.2 Å². The van der Waals surface area contributed by atoms with Gasteiger partial charge < -0.3 is 14.6 Å². The van der Waals surface area contributed by atoms with Gasteiger partial charge in [0.1, 0.15) is 5.01 Å². The van der Waals surface area contributed by atoms with Crippen LogP contribution in [0.25, 0.3) is 21.7 Å². The number of carbonyl (C=O) groups is 3. The summed E-state index contributed by atoms with van der Waals surface area (Å²) >= 11 is 8.77. The number of thiazole rings is 1. The predicted molar refractivity (Wildman–Crippen MR) is 213 cm³/mol. The lowest BCUT2D eigenvalue weighted by molar-refractivity contribution is -0.143. The molecule has 12 heteroatoms. The number of rotatable bonds is 12. The molecule has 1 saturated carbocycles. The molecular weight excluding hydrogens is 720 g/mol. The summed E-state index contributed by atoms with van der Waals surface area (Å²) < 4.78 is 1.97. The summed E-state index contributed by atoms with van der Waals surface area (Å²) in [7, 11) is 3.92. The maximum atomic E-state index is 13.8. The molecule has 0 unspecified atom stereocenters. The lowest BCUT2D eigenvalue weighted by atomic mass is 9.80. The molecule has 0 saturated heterocycles. The normalized spacial score (nSPS) is 18.7. The fraction of sp³-hybridized carbons (Fsp3) is 0.500. The number of carbonyl (C=O) groups excluding carboxylic acids is 2. The average Bonchev–Trinajstić information content (AvgIpc) is 3.84. The number of halogens is 1. The summed E-state index contributed by atoms with van der Waals surface area (Å²) in [6.45, 7) is 10.4. The van der Waals surface area contributed by atoms with E-state index in [1.54, 1.807) is 11.3 Å². The highest BCUT2D eigenvalue weighted by molar-refractivity contribution is 7.15. The number of aliphatic carboxylic acids is 1. The summed E-state index contributed by atoms with van der Waals surface area (Å²) in [6.07, 6.45) is 5.61. The van der Waals surface area contributed by atoms with Gasteiger partial charge in [-0.15, -0.1) is 11.3 Å². The monoisotopic (exact) mass is 770 g/mol. The maximum Gasteiger partial charge on any atom is 0.306 e. The third kappa shape index (κ3) is 7.92. The first-order valence-corrected chi connectivity index (χ1v) is 20.4. The van der Waals surface area contributed by atoms with E-state index in [1.807, 2.05) is 47.8 Å². The molecular formula is C42H51ClN6O4S. The highest BCUT2D eigenvalue weighted by Gasteiger charge is 2.31. The summed E-state index contributed by atoms with van der Waals surface area (Å²) in [4.78, 5) is 55.5. The van der Waals surface area contributed by atoms with Crippen molar-refractivity contribution in [1.29, 1.82) is 0 Å². The minimum absolute atomic E-state index is 0.0566. The number of carboxylic acids is 1. The Bertz CT molecular complexity index is 2040. The molecule has 2 aromatic carbocycles. The average molecular weight is 771 g/mol. The van der Waals surface area contributed by atoms with E-state index in [0.29, 0.717) is 42.4 Å². The van der Waals surface area contributed by atoms with E-state index in [0.717, 1.165) is 113 Å². The fourth-order valence-corrected chi connectivity index (χ4v) is 9.71. The molecule has 0 spiro atoms. The zero-order chi connectivity index (χ0) is 38.3. The Hall–Kier alpha value is -3.90. The number of likely N-dealkylation sites (N-methyl/N-ethyl adjacent to an activating group) is 1. The molecule has 3 aliphatic rings. The third-order valence-corrected chi connectivity index (χ3v) is 13.6. The van der Waals surface area contributed by atoms with Crippen LogP contribution in [0.2, 0.25) is 5.02 Å². The van der Waals surface area contributed by atoms with Crippen molar-refractivity contribution in [1.82, 2.24) is 29.2 Å². The van der Waals surface area contributed by atoms with Crippen LogP contribution in [0.1, 0.15) is 89.7 Å². The molecule has 0 bridgehead atoms. The number of fused-ring (bicyclic) bond motifs is 2. The van der Waals surface area contributed by atoms with Crippen LogP contribution in [0.3, 0.4) is 0 Å². The van der Waals surface area contributed by atoms with E-state index >= 15 is 0 Å². The number of nitrogens with zero attached hydrogens (tertiary/aromatic N) is 6. The van der Waals surface area contributed by atoms with Crippen LogP contribution in [0.4, 0.5) is 0 Å². The van der Waals surface area contributed by atoms with Gasteiger partial charge in [-0.25, -0.2) is 9.97 Å². The zero-order valence-corrected chi connectivity index (χ0v) is 33.6. The molecule has 54 heavy (non-hydrogen) atoms. The second kappa shape index (κ2) is 16.1. The highest BCUT2D eigenvalue weighted by atomic mass is 35.5. The van der Waals surface area contributed by atoms with Crippen molar-refractivity contribution in [2.24, 2.45) is 18.9 Å². The summed E-state index contributed by atoms with van der Waals surface area (Å²) in [5.74, 6) is 0.281. The number of Topliss-reactive ketones (excluding diaryl/α,β-unsaturated/α-hetero) is 1. The van der Waals surface area contributed by atoms with E-state index in [2.05, 4.69) is 42.7 Å². The smallest absolute Gasteiger partial charge is 0.306 e. The fourth-order valence-electron chi connectivity index (χ4n) is 8.25. The Balaban J connectivity index is 1.01. The first-order chi connectivity index (χ1) is 25.9. The molecule has 2 aliphatic heterocycles. The van der Waals surface area contributed by atoms with Crippen LogP contribution in [0.5, 0.6) is 0 Å². The molecule has 1 aliphatic carbocycles. The molecule has 10 nitrogen and oxygen atoms in total. The van der Waals surface area contributed by atoms with E-state index < -0.39 is 5.97 Å². The molecule has 4 aromatic rings. The molecule has 1 amide bonds. The van der Waals surface area contributed by atoms with Crippen LogP contribution in [0.15, 0.2) is 36.4 Å². The van der Waals surface area contributed by atoms with Gasteiger partial charge in [-0.05, 0) is 89.1 Å². The number of hydrogen-bond acceptors (Lipinski definition) is 8. The molecule has 1 fully saturated rings. The van der Waals surface area contributed by atoms with Crippen LogP contribution < -0.4 is 0 Å². The quantitative estimate of drug-likeness (QED) is 0.148. The molecule has 286 valence electrons. The Morgan fingerprint density at radius 2 is 1.70 bits per heavy atom. The van der Waals surface area contributed by atoms with Crippen LogP contribution in [-0.2, 0) is 49.1 Å². The van der Waals surface area contributed by atoms with Gasteiger partial charge >= 0.3 is 5.97 Å². The Morgan fingerprint density at radius 3 is 2.43 bits per heavy atom. The highest BCUT2D eigenvalue weighted by Crippen LogP contribution is 2.40. The maximum absolute atomic E-state index is 13.8. The van der Waals surface area contributed by atoms with E-state index in [9.17, 15) is 19.5 Å². The Labute approximate surface area is 327 Å². The molecule has 2 aromatic heterocycles. The summed E-state index contributed by atoms with van der Waals surface area (Å²) in [5.41, 5.74) is 7.82. The van der Waals surface area contributed by atoms with E-state index in [4.69, 9.17) is 21.6 Å². The van der Waals surface area contributed by atoms with Gasteiger partial charge in [0.25, 0.3) is 0 Å². The van der Waals surface area contributed by atoms with Gasteiger partial charge in [-0.1, -0.05) is 48.0 Å². The number of imidazole rings is 1. The molecule has 1 N–H and O–H groups in total. The van der Waals surface area contributed by atoms with Gasteiger partial charge in [0.2, 0.25) is 11.7 Å². The van der Waals surface area contributed by atoms with Crippen LogP contribution in [0, 0.1) is 18.8 Å². The van der Waals surface area contributed by atoms with Crippen LogP contribution in [-0.4, -0.2) is 84.7 Å². The Morgan fingerprint density at radius 1 is 0.981 bits per heavy atom. The number of carboxylic acid groups (broad SMARTS) is 1. The lowest BCUT2D eigenvalue weighted by Crippen LogP contribution is -2.38. The molecule has 0 atom stereocenters. The predicted octanol–water partition coefficient (Wildman–Crippen LogP) is 7.42. The summed E-state index contributed by atoms with van der Waals surface area (Å²) in [5, 5.41) is 10.8. The largest absolute Gasteiger partial charge is 0.481 e. The van der Waals surface area contributed by atoms with Crippen molar-refractivity contribution in [3.8, 4) is 21.7 Å². The topological polar surface area (TPSA) is 112 Å². The molecule has 7 rings (SSSR count). The van der Waals surface area contributed by atoms with Crippen molar-refractivity contribution in [2.75, 3.05) is 26.7 Å². The standard InChI is InChI=1S/C42H51ClN6O4S/c1-25(2)46(4)24-38(51)49-22-34-37(23-49)54-41(45-34)31-10-7-9-30(26(31)3)32-11-6-8-29(39(32)43)20-36(50)40-44-33-21-48(19-17-35(33)47(40)5)18-16-27-12-14-28(15-13-27)42(52)53/h6-11,25,27-28H,12-24H2,1-5H3,(H,52,53). The third-order valence-electron chi connectivity index (χ3n) is 12.0. The van der Waals surface area contributed by atoms with Gasteiger partial charge in [-0.2, -0.15) is 0 Å². The first kappa shape index (κ1) is 38.4. The number of ketones is 1. The molecule has 4 heterocycles. The zero-order valence-electron chi connectivity index (χ0n) is 32.0. The minimum atomic E-state index is -0.655. The summed E-state index contributed by atoms with van der Waals surface area (Å²) in [6, 6.07) is 12.4. The van der Waals surface area contributed by atoms with Crippen LogP contribution >= 0.6 is 22.9 Å². The SMILES string of the molecule is Cc1c(-c2nc3c(s2)CN(C(=O)CN(C)C(C)C)C3)cccc1-c1cccc(CC(=O)c2nc3c(n2C)CCN(CCC2CCC(C(=O)O)CC2)C3)c1Cl. The lowest BCUT2D eigenvalue weighted by Gasteiger charge is -2.30. The van der Waals surface area contributed by atoms with Crippen molar-refractivity contribution >= 4 is 40.6 Å². The van der Waals surface area contributed by atoms with Crippen molar-refractivity contribution in [3.05, 3.63) is 80.3 Å². The second-order valence-electron chi connectivity index (χ2n) is 15.8. The van der Waals surface area contributed by atoms with E-state index in [-0.39, 0.29) is 24.0 Å². The Kier molecular flexibility index (Phi) is 11.4. The van der Waals surface area contributed by atoms with Gasteiger partial charge in [0, 0.05) is 60.7 Å². The minimum Gasteiger partial charge on any atom is -0.481 e.